The number of halogens is 3. The molecule has 12 nitrogen and oxygen atoms in total. The third-order valence-electron chi connectivity index (χ3n) is 8.12. The van der Waals surface area contributed by atoms with Crippen molar-refractivity contribution in [2.75, 3.05) is 13.2 Å². The van der Waals surface area contributed by atoms with E-state index in [1.165, 1.54) is 65.5 Å². The minimum Gasteiger partial charge on any atom is -0.790 e. The molecule has 0 aliphatic carbocycles. The molecule has 55 heavy (non-hydrogen) atoms. The Morgan fingerprint density at radius 2 is 1.85 bits per heavy atom. The molecule has 2 heterocycles. The quantitative estimate of drug-likeness (QED) is 0.0668. The van der Waals surface area contributed by atoms with Crippen LogP contribution in [0.25, 0.3) is 6.08 Å². The number of nitrogens with zero attached hydrogens (tertiary/aromatic N) is 4. The molecule has 0 amide bonds. The van der Waals surface area contributed by atoms with Gasteiger partial charge in [-0.3, -0.25) is 0 Å². The molecule has 0 bridgehead atoms. The zero-order chi connectivity index (χ0) is 38.2. The van der Waals surface area contributed by atoms with E-state index in [1.54, 1.807) is 38.1 Å². The SMILES string of the molecule is Cc1ccc(COP(=O)([O-])[O-])c(C(=O)O[C@@](Cn2cncn2)(c2ccc(F)cc2F)[C@@H](C)S[C@H]2CO[C@H](C=CC=Cc3ccc(C#N)cc3F)OC2)c1.[Na+].[Na+]. The van der Waals surface area contributed by atoms with Gasteiger partial charge in [-0.05, 0) is 55.8 Å². The van der Waals surface area contributed by atoms with Gasteiger partial charge in [0.05, 0.1) is 56.6 Å². The van der Waals surface area contributed by atoms with Gasteiger partial charge in [0, 0.05) is 22.4 Å². The summed E-state index contributed by atoms with van der Waals surface area (Å²) in [7, 11) is -5.41. The second-order valence-electron chi connectivity index (χ2n) is 11.9. The number of aromatic nitrogens is 3. The Bertz CT molecular complexity index is 2080. The fourth-order valence-electron chi connectivity index (χ4n) is 5.50. The van der Waals surface area contributed by atoms with Gasteiger partial charge in [0.25, 0.3) is 0 Å². The summed E-state index contributed by atoms with van der Waals surface area (Å²) in [5.41, 5.74) is -1.12. The van der Waals surface area contributed by atoms with Crippen molar-refractivity contribution in [3.8, 4) is 6.07 Å². The average molecular weight is 815 g/mol. The molecule has 278 valence electrons. The maximum atomic E-state index is 15.8. The van der Waals surface area contributed by atoms with Gasteiger partial charge in [-0.2, -0.15) is 10.4 Å². The van der Waals surface area contributed by atoms with E-state index >= 15 is 4.39 Å². The first-order valence-electron chi connectivity index (χ1n) is 16.0. The molecule has 3 aromatic carbocycles. The van der Waals surface area contributed by atoms with Crippen LogP contribution in [-0.2, 0) is 42.1 Å². The third kappa shape index (κ3) is 13.0. The Hall–Kier alpha value is -2.59. The van der Waals surface area contributed by atoms with Crippen LogP contribution in [0.4, 0.5) is 13.2 Å². The fraction of sp³-hybridized carbons (Fsp3) is 0.278. The predicted molar refractivity (Wildman–Crippen MR) is 183 cm³/mol. The number of rotatable bonds is 14. The summed E-state index contributed by atoms with van der Waals surface area (Å²) >= 11 is 1.25. The number of thioether (sulfide) groups is 1. The number of benzene rings is 3. The number of phosphoric ester groups is 1. The average Bonchev–Trinajstić information content (AvgIpc) is 3.63. The second-order valence-corrected chi connectivity index (χ2v) is 14.7. The molecule has 2 atom stereocenters. The topological polar surface area (TPSA) is 172 Å². The number of phosphoric acid groups is 1. The minimum absolute atomic E-state index is 0. The Morgan fingerprint density at radius 1 is 1.11 bits per heavy atom. The summed E-state index contributed by atoms with van der Waals surface area (Å²) in [6, 6.07) is 13.3. The number of esters is 1. The van der Waals surface area contributed by atoms with E-state index in [-0.39, 0.29) is 106 Å². The number of nitriles is 1. The normalized spacial score (nSPS) is 17.5. The van der Waals surface area contributed by atoms with Crippen LogP contribution in [0.5, 0.6) is 0 Å². The van der Waals surface area contributed by atoms with Gasteiger partial charge in [-0.25, -0.2) is 27.6 Å². The molecule has 0 unspecified atom stereocenters. The van der Waals surface area contributed by atoms with E-state index < -0.39 is 55.0 Å². The Labute approximate surface area is 363 Å². The van der Waals surface area contributed by atoms with E-state index in [2.05, 4.69) is 14.6 Å². The molecular weight excluding hydrogens is 782 g/mol. The number of hydrogen-bond donors (Lipinski definition) is 0. The first-order valence-corrected chi connectivity index (χ1v) is 18.4. The second kappa shape index (κ2) is 21.2. The van der Waals surface area contributed by atoms with Crippen molar-refractivity contribution in [1.29, 1.82) is 5.26 Å². The third-order valence-corrected chi connectivity index (χ3v) is 10.0. The van der Waals surface area contributed by atoms with Gasteiger partial charge in [-0.15, -0.1) is 11.8 Å². The molecule has 1 aliphatic heterocycles. The largest absolute Gasteiger partial charge is 1.00 e. The van der Waals surface area contributed by atoms with Crippen molar-refractivity contribution in [1.82, 2.24) is 14.8 Å². The zero-order valence-corrected chi connectivity index (χ0v) is 36.0. The molecule has 19 heteroatoms. The van der Waals surface area contributed by atoms with Crippen LogP contribution in [0.15, 0.2) is 85.5 Å². The van der Waals surface area contributed by atoms with Crippen molar-refractivity contribution in [3.05, 3.63) is 136 Å². The number of carbonyl (C=O) groups is 1. The van der Waals surface area contributed by atoms with Gasteiger partial charge >= 0.3 is 65.1 Å². The first kappa shape index (κ1) is 46.8. The van der Waals surface area contributed by atoms with Crippen LogP contribution in [0.3, 0.4) is 0 Å². The maximum Gasteiger partial charge on any atom is 1.00 e. The number of aryl methyl sites for hydroxylation is 1. The van der Waals surface area contributed by atoms with E-state index in [0.717, 1.165) is 12.1 Å². The smallest absolute Gasteiger partial charge is 0.790 e. The summed E-state index contributed by atoms with van der Waals surface area (Å²) in [4.78, 5) is 40.6. The number of hydrogen-bond acceptors (Lipinski definition) is 12. The molecule has 5 rings (SSSR count). The van der Waals surface area contributed by atoms with Gasteiger partial charge < -0.3 is 33.1 Å². The van der Waals surface area contributed by atoms with Crippen LogP contribution in [0, 0.1) is 35.7 Å². The number of ether oxygens (including phenoxy) is 3. The Morgan fingerprint density at radius 3 is 2.49 bits per heavy atom. The summed E-state index contributed by atoms with van der Waals surface area (Å²) in [6.07, 6.45) is 8.19. The molecule has 1 fully saturated rings. The standard InChI is InChI=1S/C36H34F3N4O8PS.2Na/c1-23-7-9-27(17-50-52(45,46)47)30(13-23)35(44)51-36(20-43-22-41-21-42-43,31-12-11-28(37)15-33(31)39)24(2)53-29-18-48-34(49-19-29)6-4-3-5-26-10-8-25(16-40)14-32(26)38;;/h3-15,21-22,24,29,34H,17-20H2,1-2H3,(H2,45,46,47);;/q;2*+1/p-2/t24-,29-,34-,36-;;/m1../s1. The van der Waals surface area contributed by atoms with E-state index in [1.807, 2.05) is 6.07 Å². The molecule has 0 radical (unpaired) electrons. The van der Waals surface area contributed by atoms with Crippen LogP contribution in [-0.4, -0.2) is 50.7 Å². The molecule has 0 saturated carbocycles. The van der Waals surface area contributed by atoms with Crippen LogP contribution in [0.2, 0.25) is 0 Å². The monoisotopic (exact) mass is 814 g/mol. The van der Waals surface area contributed by atoms with E-state index in [9.17, 15) is 27.9 Å². The van der Waals surface area contributed by atoms with Gasteiger partial charge in [0.2, 0.25) is 0 Å². The zero-order valence-electron chi connectivity index (χ0n) is 30.3. The fourth-order valence-corrected chi connectivity index (χ4v) is 7.16. The van der Waals surface area contributed by atoms with Crippen molar-refractivity contribution in [2.45, 2.75) is 49.4 Å². The molecule has 0 N–H and O–H groups in total. The molecule has 1 aliphatic rings. The predicted octanol–water partition coefficient (Wildman–Crippen LogP) is -0.886. The van der Waals surface area contributed by atoms with Crippen molar-refractivity contribution >= 4 is 31.6 Å². The first-order chi connectivity index (χ1) is 25.3. The van der Waals surface area contributed by atoms with Crippen molar-refractivity contribution < 1.29 is 110 Å². The van der Waals surface area contributed by atoms with E-state index in [4.69, 9.17) is 19.5 Å². The Balaban J connectivity index is 0.00000406. The van der Waals surface area contributed by atoms with Crippen molar-refractivity contribution in [2.24, 2.45) is 0 Å². The van der Waals surface area contributed by atoms with Crippen LogP contribution < -0.4 is 68.9 Å². The van der Waals surface area contributed by atoms with Gasteiger partial charge in [-0.1, -0.05) is 42.0 Å². The number of carbonyl (C=O) groups excluding carboxylic acids is 1. The Kier molecular flexibility index (Phi) is 18.1. The molecule has 1 aromatic heterocycles. The molecule has 4 aromatic rings. The molecular formula is C36H32F3N4Na2O8PS. The van der Waals surface area contributed by atoms with E-state index in [0.29, 0.717) is 17.2 Å². The van der Waals surface area contributed by atoms with Gasteiger partial charge in [0.1, 0.15) is 30.1 Å². The molecule has 1 saturated heterocycles. The van der Waals surface area contributed by atoms with Gasteiger partial charge in [0.15, 0.2) is 11.9 Å². The minimum atomic E-state index is -5.41. The summed E-state index contributed by atoms with van der Waals surface area (Å²) in [6.45, 7) is 2.62. The van der Waals surface area contributed by atoms with Crippen molar-refractivity contribution in [3.63, 3.8) is 0 Å². The van der Waals surface area contributed by atoms with Crippen LogP contribution in [0.1, 0.15) is 45.1 Å². The summed E-state index contributed by atoms with van der Waals surface area (Å²) in [5, 5.41) is 11.9. The summed E-state index contributed by atoms with van der Waals surface area (Å²) < 4.78 is 79.3. The number of allylic oxidation sites excluding steroid dienone is 2. The molecule has 0 spiro atoms. The van der Waals surface area contributed by atoms with Crippen LogP contribution >= 0.6 is 19.6 Å². The maximum absolute atomic E-state index is 15.8. The summed E-state index contributed by atoms with van der Waals surface area (Å²) in [5.74, 6) is -3.42.